The molecule has 1 aliphatic carbocycles. The maximum Gasteiger partial charge on any atom is 0.410 e. The lowest BCUT2D eigenvalue weighted by atomic mass is 9.63. The van der Waals surface area contributed by atoms with E-state index < -0.39 is 5.60 Å². The molecule has 4 heteroatoms. The summed E-state index contributed by atoms with van der Waals surface area (Å²) in [5, 5.41) is 9.18. The highest BCUT2D eigenvalue weighted by atomic mass is 16.6. The van der Waals surface area contributed by atoms with Gasteiger partial charge >= 0.3 is 6.09 Å². The number of nitriles is 1. The van der Waals surface area contributed by atoms with Gasteiger partial charge in [-0.1, -0.05) is 12.8 Å². The molecule has 2 rings (SSSR count). The summed E-state index contributed by atoms with van der Waals surface area (Å²) in [6, 6.07) is 2.55. The van der Waals surface area contributed by atoms with Crippen LogP contribution in [-0.4, -0.2) is 29.2 Å². The SMILES string of the molecule is CC(C)(C)OC(=O)N1CCC[C@@]2(CC#N)CCCC[C@H]12. The van der Waals surface area contributed by atoms with Crippen molar-refractivity contribution in [3.8, 4) is 6.07 Å². The van der Waals surface area contributed by atoms with E-state index in [-0.39, 0.29) is 17.6 Å². The molecule has 0 radical (unpaired) electrons. The maximum absolute atomic E-state index is 12.4. The van der Waals surface area contributed by atoms with Gasteiger partial charge in [0, 0.05) is 24.4 Å². The van der Waals surface area contributed by atoms with E-state index in [9.17, 15) is 10.1 Å². The normalized spacial score (nSPS) is 30.3. The summed E-state index contributed by atoms with van der Waals surface area (Å²) in [5.41, 5.74) is -0.441. The van der Waals surface area contributed by atoms with Crippen LogP contribution < -0.4 is 0 Å². The van der Waals surface area contributed by atoms with Crippen LogP contribution in [0.5, 0.6) is 0 Å². The standard InChI is InChI=1S/C16H26N2O2/c1-15(2,3)20-14(19)18-12-6-9-16(10-11-17)8-5-4-7-13(16)18/h13H,4-10,12H2,1-3H3/t13-,16+/m0/s1. The van der Waals surface area contributed by atoms with Crippen LogP contribution in [0, 0.1) is 16.7 Å². The minimum atomic E-state index is -0.457. The summed E-state index contributed by atoms with van der Waals surface area (Å²) < 4.78 is 5.55. The molecule has 0 bridgehead atoms. The average molecular weight is 278 g/mol. The topological polar surface area (TPSA) is 53.3 Å². The highest BCUT2D eigenvalue weighted by Gasteiger charge is 2.48. The van der Waals surface area contributed by atoms with Crippen molar-refractivity contribution in [3.05, 3.63) is 0 Å². The minimum Gasteiger partial charge on any atom is -0.444 e. The quantitative estimate of drug-likeness (QED) is 0.732. The molecule has 4 nitrogen and oxygen atoms in total. The summed E-state index contributed by atoms with van der Waals surface area (Å²) in [6.45, 7) is 6.47. The van der Waals surface area contributed by atoms with Gasteiger partial charge in [0.1, 0.15) is 5.60 Å². The number of likely N-dealkylation sites (tertiary alicyclic amines) is 1. The van der Waals surface area contributed by atoms with E-state index in [2.05, 4.69) is 6.07 Å². The van der Waals surface area contributed by atoms with Gasteiger partial charge in [0.15, 0.2) is 0 Å². The van der Waals surface area contributed by atoms with Crippen molar-refractivity contribution in [3.63, 3.8) is 0 Å². The summed E-state index contributed by atoms with van der Waals surface area (Å²) in [4.78, 5) is 14.3. The van der Waals surface area contributed by atoms with E-state index in [4.69, 9.17) is 4.74 Å². The molecule has 1 aliphatic heterocycles. The van der Waals surface area contributed by atoms with Crippen LogP contribution in [0.15, 0.2) is 0 Å². The van der Waals surface area contributed by atoms with Crippen LogP contribution in [0.3, 0.4) is 0 Å². The van der Waals surface area contributed by atoms with Crippen molar-refractivity contribution in [2.24, 2.45) is 5.41 Å². The maximum atomic E-state index is 12.4. The van der Waals surface area contributed by atoms with E-state index in [1.54, 1.807) is 0 Å². The Kier molecular flexibility index (Phi) is 4.27. The summed E-state index contributed by atoms with van der Waals surface area (Å²) in [5.74, 6) is 0. The number of ether oxygens (including phenoxy) is 1. The van der Waals surface area contributed by atoms with Crippen LogP contribution in [-0.2, 0) is 4.74 Å². The number of hydrogen-bond donors (Lipinski definition) is 0. The lowest BCUT2D eigenvalue weighted by Crippen LogP contribution is -2.56. The van der Waals surface area contributed by atoms with Gasteiger partial charge in [-0.15, -0.1) is 0 Å². The smallest absolute Gasteiger partial charge is 0.410 e. The first-order valence-electron chi connectivity index (χ1n) is 7.75. The Bertz CT molecular complexity index is 404. The second kappa shape index (κ2) is 5.63. The average Bonchev–Trinajstić information content (AvgIpc) is 2.36. The molecule has 0 N–H and O–H groups in total. The molecular formula is C16H26N2O2. The highest BCUT2D eigenvalue weighted by molar-refractivity contribution is 5.69. The molecule has 1 heterocycles. The number of piperidine rings is 1. The van der Waals surface area contributed by atoms with Crippen molar-refractivity contribution in [2.75, 3.05) is 6.54 Å². The second-order valence-corrected chi connectivity index (χ2v) is 7.24. The number of fused-ring (bicyclic) bond motifs is 1. The van der Waals surface area contributed by atoms with E-state index in [1.165, 1.54) is 6.42 Å². The Labute approximate surface area is 122 Å². The summed E-state index contributed by atoms with van der Waals surface area (Å²) in [6.07, 6.45) is 6.84. The highest BCUT2D eigenvalue weighted by Crippen LogP contribution is 2.48. The fourth-order valence-corrected chi connectivity index (χ4v) is 3.81. The Hall–Kier alpha value is -1.24. The Balaban J connectivity index is 2.17. The third-order valence-electron chi connectivity index (χ3n) is 4.62. The summed E-state index contributed by atoms with van der Waals surface area (Å²) in [7, 11) is 0. The Morgan fingerprint density at radius 2 is 2.05 bits per heavy atom. The van der Waals surface area contributed by atoms with Crippen LogP contribution in [0.4, 0.5) is 4.79 Å². The molecule has 0 spiro atoms. The largest absolute Gasteiger partial charge is 0.444 e. The zero-order valence-corrected chi connectivity index (χ0v) is 12.9. The molecule has 0 aromatic carbocycles. The molecule has 2 aliphatic rings. The summed E-state index contributed by atoms with van der Waals surface area (Å²) >= 11 is 0. The Morgan fingerprint density at radius 1 is 1.35 bits per heavy atom. The number of carbonyl (C=O) groups excluding carboxylic acids is 1. The number of hydrogen-bond acceptors (Lipinski definition) is 3. The van der Waals surface area contributed by atoms with Crippen LogP contribution in [0.2, 0.25) is 0 Å². The monoisotopic (exact) mass is 278 g/mol. The van der Waals surface area contributed by atoms with Crippen molar-refractivity contribution in [2.45, 2.75) is 77.4 Å². The van der Waals surface area contributed by atoms with Gasteiger partial charge in [-0.25, -0.2) is 4.79 Å². The van der Waals surface area contributed by atoms with Gasteiger partial charge in [-0.3, -0.25) is 0 Å². The first kappa shape index (κ1) is 15.2. The molecule has 2 fully saturated rings. The van der Waals surface area contributed by atoms with E-state index in [0.29, 0.717) is 6.42 Å². The van der Waals surface area contributed by atoms with Gasteiger partial charge < -0.3 is 9.64 Å². The molecule has 0 aromatic heterocycles. The molecular weight excluding hydrogens is 252 g/mol. The zero-order valence-electron chi connectivity index (χ0n) is 12.9. The van der Waals surface area contributed by atoms with Crippen LogP contribution in [0.25, 0.3) is 0 Å². The van der Waals surface area contributed by atoms with Gasteiger partial charge in [0.2, 0.25) is 0 Å². The van der Waals surface area contributed by atoms with Crippen molar-refractivity contribution >= 4 is 6.09 Å². The van der Waals surface area contributed by atoms with Gasteiger partial charge in [-0.2, -0.15) is 5.26 Å². The molecule has 0 unspecified atom stereocenters. The van der Waals surface area contributed by atoms with Crippen molar-refractivity contribution in [1.82, 2.24) is 4.90 Å². The third kappa shape index (κ3) is 3.08. The number of nitrogens with zero attached hydrogens (tertiary/aromatic N) is 2. The molecule has 1 saturated carbocycles. The fourth-order valence-electron chi connectivity index (χ4n) is 3.81. The van der Waals surface area contributed by atoms with E-state index in [0.717, 1.165) is 38.6 Å². The fraction of sp³-hybridized carbons (Fsp3) is 0.875. The minimum absolute atomic E-state index is 0.0160. The van der Waals surface area contributed by atoms with Gasteiger partial charge in [-0.05, 0) is 46.5 Å². The lowest BCUT2D eigenvalue weighted by Gasteiger charge is -2.51. The lowest BCUT2D eigenvalue weighted by molar-refractivity contribution is -0.0392. The molecule has 2 atom stereocenters. The van der Waals surface area contributed by atoms with Crippen LogP contribution in [0.1, 0.15) is 65.7 Å². The molecule has 20 heavy (non-hydrogen) atoms. The van der Waals surface area contributed by atoms with Crippen LogP contribution >= 0.6 is 0 Å². The molecule has 1 amide bonds. The first-order valence-corrected chi connectivity index (χ1v) is 7.75. The number of rotatable bonds is 1. The molecule has 112 valence electrons. The second-order valence-electron chi connectivity index (χ2n) is 7.24. The third-order valence-corrected chi connectivity index (χ3v) is 4.62. The Morgan fingerprint density at radius 3 is 2.70 bits per heavy atom. The number of carbonyl (C=O) groups is 1. The van der Waals surface area contributed by atoms with Gasteiger partial charge in [0.05, 0.1) is 6.07 Å². The van der Waals surface area contributed by atoms with E-state index >= 15 is 0 Å². The predicted octanol–water partition coefficient (Wildman–Crippen LogP) is 3.86. The molecule has 0 aromatic rings. The zero-order chi connectivity index (χ0) is 14.8. The van der Waals surface area contributed by atoms with Gasteiger partial charge in [0.25, 0.3) is 0 Å². The van der Waals surface area contributed by atoms with Crippen molar-refractivity contribution < 1.29 is 9.53 Å². The van der Waals surface area contributed by atoms with Crippen molar-refractivity contribution in [1.29, 1.82) is 5.26 Å². The number of amides is 1. The predicted molar refractivity (Wildman–Crippen MR) is 77.1 cm³/mol. The van der Waals surface area contributed by atoms with E-state index in [1.807, 2.05) is 25.7 Å². The molecule has 1 saturated heterocycles. The first-order chi connectivity index (χ1) is 9.38.